The molecule has 1 aromatic carbocycles. The van der Waals surface area contributed by atoms with Gasteiger partial charge >= 0.3 is 0 Å². The topological polar surface area (TPSA) is 131 Å². The van der Waals surface area contributed by atoms with Gasteiger partial charge in [-0.15, -0.1) is 0 Å². The molecule has 0 bridgehead atoms. The van der Waals surface area contributed by atoms with Gasteiger partial charge < -0.3 is 35.4 Å². The van der Waals surface area contributed by atoms with E-state index in [-0.39, 0.29) is 32.2 Å². The van der Waals surface area contributed by atoms with E-state index in [1.54, 1.807) is 24.3 Å². The Morgan fingerprint density at radius 2 is 1.72 bits per heavy atom. The second kappa shape index (κ2) is 9.84. The SMILES string of the molecule is OCc1ccc(CO[C@@H](CO)C(O)C[S+]2C[C@@H](O)[C@H](O)[C@H]2CO)cc1. The highest BCUT2D eigenvalue weighted by molar-refractivity contribution is 7.97. The predicted molar refractivity (Wildman–Crippen MR) is 94.0 cm³/mol. The van der Waals surface area contributed by atoms with Crippen LogP contribution in [0.3, 0.4) is 0 Å². The van der Waals surface area contributed by atoms with Crippen LogP contribution in [-0.4, -0.2) is 85.0 Å². The second-order valence-electron chi connectivity index (χ2n) is 6.22. The molecule has 6 atom stereocenters. The van der Waals surface area contributed by atoms with Crippen LogP contribution in [0.1, 0.15) is 11.1 Å². The number of benzene rings is 1. The molecule has 1 fully saturated rings. The average molecular weight is 375 g/mol. The third kappa shape index (κ3) is 5.38. The Labute approximate surface area is 149 Å². The van der Waals surface area contributed by atoms with E-state index < -0.39 is 40.6 Å². The summed E-state index contributed by atoms with van der Waals surface area (Å²) in [5.41, 5.74) is 1.64. The van der Waals surface area contributed by atoms with Gasteiger partial charge in [-0.2, -0.15) is 0 Å². The summed E-state index contributed by atoms with van der Waals surface area (Å²) >= 11 is 0. The first-order chi connectivity index (χ1) is 12.0. The van der Waals surface area contributed by atoms with Gasteiger partial charge in [0.2, 0.25) is 0 Å². The van der Waals surface area contributed by atoms with Gasteiger partial charge in [-0.05, 0) is 11.1 Å². The van der Waals surface area contributed by atoms with Crippen LogP contribution in [0.25, 0.3) is 0 Å². The van der Waals surface area contributed by atoms with Crippen molar-refractivity contribution in [1.82, 2.24) is 0 Å². The Kier molecular flexibility index (Phi) is 8.11. The molecule has 1 aliphatic heterocycles. The lowest BCUT2D eigenvalue weighted by Gasteiger charge is -2.22. The second-order valence-corrected chi connectivity index (χ2v) is 8.57. The van der Waals surface area contributed by atoms with Crippen molar-refractivity contribution in [2.75, 3.05) is 24.7 Å². The summed E-state index contributed by atoms with van der Waals surface area (Å²) in [5, 5.41) is 57.4. The van der Waals surface area contributed by atoms with E-state index in [0.717, 1.165) is 11.1 Å². The van der Waals surface area contributed by atoms with Gasteiger partial charge in [-0.25, -0.2) is 0 Å². The van der Waals surface area contributed by atoms with Crippen LogP contribution in [0.15, 0.2) is 24.3 Å². The zero-order valence-electron chi connectivity index (χ0n) is 13.9. The fourth-order valence-electron chi connectivity index (χ4n) is 2.85. The summed E-state index contributed by atoms with van der Waals surface area (Å²) in [6.45, 7) is -0.445. The fraction of sp³-hybridized carbons (Fsp3) is 0.647. The molecule has 6 N–H and O–H groups in total. The molecule has 0 saturated carbocycles. The van der Waals surface area contributed by atoms with Crippen molar-refractivity contribution in [3.63, 3.8) is 0 Å². The van der Waals surface area contributed by atoms with E-state index in [1.165, 1.54) is 0 Å². The van der Waals surface area contributed by atoms with Gasteiger partial charge in [0.15, 0.2) is 5.25 Å². The number of rotatable bonds is 9. The summed E-state index contributed by atoms with van der Waals surface area (Å²) in [4.78, 5) is 0. The first kappa shape index (κ1) is 20.6. The van der Waals surface area contributed by atoms with E-state index in [2.05, 4.69) is 0 Å². The molecular formula is C17H27O7S+. The molecule has 0 aromatic heterocycles. The molecule has 0 radical (unpaired) electrons. The Balaban J connectivity index is 1.88. The highest BCUT2D eigenvalue weighted by Crippen LogP contribution is 2.25. The van der Waals surface area contributed by atoms with Gasteiger partial charge in [-0.3, -0.25) is 0 Å². The Bertz CT molecular complexity index is 512. The predicted octanol–water partition coefficient (Wildman–Crippen LogP) is -1.87. The van der Waals surface area contributed by atoms with Crippen molar-refractivity contribution in [3.8, 4) is 0 Å². The number of hydrogen-bond donors (Lipinski definition) is 6. The Morgan fingerprint density at radius 3 is 2.28 bits per heavy atom. The van der Waals surface area contributed by atoms with Crippen molar-refractivity contribution in [2.45, 2.75) is 42.9 Å². The molecule has 2 rings (SSSR count). The molecule has 1 aromatic rings. The summed E-state index contributed by atoms with van der Waals surface area (Å²) in [5.74, 6) is 0.568. The molecule has 0 amide bonds. The van der Waals surface area contributed by atoms with E-state index in [1.807, 2.05) is 0 Å². The number of ether oxygens (including phenoxy) is 1. The number of aliphatic hydroxyl groups excluding tert-OH is 6. The number of aliphatic hydroxyl groups is 6. The molecule has 1 saturated heterocycles. The van der Waals surface area contributed by atoms with Crippen LogP contribution < -0.4 is 0 Å². The quantitative estimate of drug-likeness (QED) is 0.279. The average Bonchev–Trinajstić information content (AvgIpc) is 2.89. The van der Waals surface area contributed by atoms with Crippen molar-refractivity contribution >= 4 is 10.9 Å². The molecule has 8 heteroatoms. The first-order valence-electron chi connectivity index (χ1n) is 8.22. The van der Waals surface area contributed by atoms with Crippen LogP contribution in [-0.2, 0) is 28.8 Å². The maximum Gasteiger partial charge on any atom is 0.169 e. The molecule has 25 heavy (non-hydrogen) atoms. The van der Waals surface area contributed by atoms with E-state index >= 15 is 0 Å². The van der Waals surface area contributed by atoms with Gasteiger partial charge in [0.25, 0.3) is 0 Å². The lowest BCUT2D eigenvalue weighted by molar-refractivity contribution is -0.0623. The monoisotopic (exact) mass is 375 g/mol. The van der Waals surface area contributed by atoms with Crippen molar-refractivity contribution in [3.05, 3.63) is 35.4 Å². The van der Waals surface area contributed by atoms with Gasteiger partial charge in [0.05, 0.1) is 26.4 Å². The van der Waals surface area contributed by atoms with Crippen molar-refractivity contribution in [1.29, 1.82) is 0 Å². The van der Waals surface area contributed by atoms with Gasteiger partial charge in [0.1, 0.15) is 35.9 Å². The fourth-order valence-corrected chi connectivity index (χ4v) is 5.55. The zero-order chi connectivity index (χ0) is 18.4. The summed E-state index contributed by atoms with van der Waals surface area (Å²) in [6, 6.07) is 7.16. The minimum atomic E-state index is -0.987. The van der Waals surface area contributed by atoms with Crippen LogP contribution >= 0.6 is 0 Å². The molecule has 2 unspecified atom stereocenters. The van der Waals surface area contributed by atoms with Crippen molar-refractivity contribution in [2.24, 2.45) is 0 Å². The van der Waals surface area contributed by atoms with Crippen LogP contribution in [0.2, 0.25) is 0 Å². The lowest BCUT2D eigenvalue weighted by atomic mass is 10.1. The maximum atomic E-state index is 10.4. The highest BCUT2D eigenvalue weighted by atomic mass is 32.2. The van der Waals surface area contributed by atoms with Gasteiger partial charge in [-0.1, -0.05) is 24.3 Å². The summed E-state index contributed by atoms with van der Waals surface area (Å²) in [6.07, 6.45) is -3.64. The standard InChI is InChI=1S/C17H27O7S/c18-5-11-1-3-12(4-2-11)8-24-15(6-19)13(21)9-25-10-14(22)17(23)16(25)7-20/h1-4,13-23H,5-10H2/q+1/t13?,14-,15+,16-,17+,25?/m1/s1. The normalized spacial score (nSPS) is 28.9. The lowest BCUT2D eigenvalue weighted by Crippen LogP contribution is -2.42. The minimum absolute atomic E-state index is 0.0366. The van der Waals surface area contributed by atoms with Crippen molar-refractivity contribution < 1.29 is 35.4 Å². The highest BCUT2D eigenvalue weighted by Gasteiger charge is 2.50. The van der Waals surface area contributed by atoms with E-state index in [4.69, 9.17) is 9.84 Å². The van der Waals surface area contributed by atoms with Crippen LogP contribution in [0.5, 0.6) is 0 Å². The third-order valence-electron chi connectivity index (χ3n) is 4.43. The molecule has 0 spiro atoms. The smallest absolute Gasteiger partial charge is 0.169 e. The molecule has 7 nitrogen and oxygen atoms in total. The van der Waals surface area contributed by atoms with E-state index in [0.29, 0.717) is 5.75 Å². The Hall–Kier alpha value is -0.710. The van der Waals surface area contributed by atoms with Crippen LogP contribution in [0, 0.1) is 0 Å². The minimum Gasteiger partial charge on any atom is -0.394 e. The zero-order valence-corrected chi connectivity index (χ0v) is 14.8. The third-order valence-corrected chi connectivity index (χ3v) is 7.26. The first-order valence-corrected chi connectivity index (χ1v) is 9.85. The maximum absolute atomic E-state index is 10.4. The molecule has 1 heterocycles. The van der Waals surface area contributed by atoms with Crippen LogP contribution in [0.4, 0.5) is 0 Å². The van der Waals surface area contributed by atoms with Gasteiger partial charge in [0, 0.05) is 10.9 Å². The molecule has 142 valence electrons. The summed E-state index contributed by atoms with van der Waals surface area (Å²) in [7, 11) is -0.549. The largest absolute Gasteiger partial charge is 0.394 e. The molecule has 1 aliphatic rings. The Morgan fingerprint density at radius 1 is 1.08 bits per heavy atom. The number of hydrogen-bond acceptors (Lipinski definition) is 7. The summed E-state index contributed by atoms with van der Waals surface area (Å²) < 4.78 is 5.60. The molecular weight excluding hydrogens is 348 g/mol. The molecule has 0 aliphatic carbocycles. The van der Waals surface area contributed by atoms with E-state index in [9.17, 15) is 25.5 Å².